The van der Waals surface area contributed by atoms with Crippen LogP contribution >= 0.6 is 0 Å². The van der Waals surface area contributed by atoms with Gasteiger partial charge in [0.1, 0.15) is 5.75 Å². The number of imide groups is 1. The normalized spacial score (nSPS) is 20.4. The van der Waals surface area contributed by atoms with Gasteiger partial charge in [0, 0.05) is 12.6 Å². The summed E-state index contributed by atoms with van der Waals surface area (Å²) in [7, 11) is 1.62. The molecule has 0 spiro atoms. The van der Waals surface area contributed by atoms with Gasteiger partial charge in [0.2, 0.25) is 11.8 Å². The molecule has 0 aliphatic carbocycles. The van der Waals surface area contributed by atoms with Crippen molar-refractivity contribution in [2.24, 2.45) is 0 Å². The molecule has 5 heteroatoms. The van der Waals surface area contributed by atoms with Crippen molar-refractivity contribution in [1.29, 1.82) is 0 Å². The summed E-state index contributed by atoms with van der Waals surface area (Å²) in [6, 6.07) is 7.23. The molecule has 2 amide bonds. The lowest BCUT2D eigenvalue weighted by Crippen LogP contribution is -2.39. The summed E-state index contributed by atoms with van der Waals surface area (Å²) in [5.41, 5.74) is 1.03. The average Bonchev–Trinajstić information content (AvgIpc) is 2.73. The smallest absolute Gasteiger partial charge is 0.246 e. The molecule has 1 aromatic rings. The fraction of sp³-hybridized carbons (Fsp3) is 0.467. The van der Waals surface area contributed by atoms with Gasteiger partial charge in [0.05, 0.1) is 19.6 Å². The summed E-state index contributed by atoms with van der Waals surface area (Å²) in [6.07, 6.45) is 0.237. The van der Waals surface area contributed by atoms with Crippen LogP contribution in [0.15, 0.2) is 24.3 Å². The van der Waals surface area contributed by atoms with Gasteiger partial charge in [-0.25, -0.2) is 0 Å². The largest absolute Gasteiger partial charge is 0.497 e. The topological polar surface area (TPSA) is 58.6 Å². The number of hydrogen-bond acceptors (Lipinski definition) is 4. The molecule has 20 heavy (non-hydrogen) atoms. The monoisotopic (exact) mass is 276 g/mol. The quantitative estimate of drug-likeness (QED) is 0.828. The van der Waals surface area contributed by atoms with Crippen LogP contribution in [0.25, 0.3) is 0 Å². The van der Waals surface area contributed by atoms with E-state index in [4.69, 9.17) is 4.74 Å². The van der Waals surface area contributed by atoms with Crippen molar-refractivity contribution >= 4 is 11.8 Å². The van der Waals surface area contributed by atoms with Gasteiger partial charge in [0.15, 0.2) is 0 Å². The number of amides is 2. The van der Waals surface area contributed by atoms with Crippen LogP contribution in [0.4, 0.5) is 0 Å². The number of methoxy groups -OCH3 is 1. The van der Waals surface area contributed by atoms with Gasteiger partial charge in [-0.2, -0.15) is 0 Å². The van der Waals surface area contributed by atoms with Crippen molar-refractivity contribution in [1.82, 2.24) is 10.2 Å². The molecule has 0 bridgehead atoms. The summed E-state index contributed by atoms with van der Waals surface area (Å²) in [4.78, 5) is 25.0. The number of hydrogen-bond donors (Lipinski definition) is 1. The molecular formula is C15H20N2O3. The zero-order valence-corrected chi connectivity index (χ0v) is 12.1. The molecule has 0 saturated carbocycles. The molecule has 1 aromatic carbocycles. The highest BCUT2D eigenvalue weighted by Gasteiger charge is 2.37. The summed E-state index contributed by atoms with van der Waals surface area (Å²) in [6.45, 7) is 4.22. The van der Waals surface area contributed by atoms with Crippen LogP contribution in [0, 0.1) is 0 Å². The molecule has 0 radical (unpaired) electrons. The van der Waals surface area contributed by atoms with Crippen LogP contribution in [-0.2, 0) is 9.59 Å². The highest BCUT2D eigenvalue weighted by Crippen LogP contribution is 2.21. The van der Waals surface area contributed by atoms with Crippen LogP contribution in [0.2, 0.25) is 0 Å². The van der Waals surface area contributed by atoms with E-state index in [1.54, 1.807) is 7.11 Å². The fourth-order valence-corrected chi connectivity index (χ4v) is 2.45. The molecule has 1 fully saturated rings. The summed E-state index contributed by atoms with van der Waals surface area (Å²) < 4.78 is 5.19. The van der Waals surface area contributed by atoms with E-state index in [1.165, 1.54) is 4.90 Å². The maximum atomic E-state index is 12.1. The lowest BCUT2D eigenvalue weighted by atomic mass is 10.1. The number of likely N-dealkylation sites (tertiary alicyclic amines) is 1. The fourth-order valence-electron chi connectivity index (χ4n) is 2.45. The predicted octanol–water partition coefficient (Wildman–Crippen LogP) is 1.49. The van der Waals surface area contributed by atoms with Crippen molar-refractivity contribution in [3.8, 4) is 5.75 Å². The number of nitrogens with zero attached hydrogens (tertiary/aromatic N) is 1. The number of rotatable bonds is 5. The van der Waals surface area contributed by atoms with Gasteiger partial charge in [-0.1, -0.05) is 12.1 Å². The summed E-state index contributed by atoms with van der Waals surface area (Å²) >= 11 is 0. The first kappa shape index (κ1) is 14.5. The van der Waals surface area contributed by atoms with Gasteiger partial charge < -0.3 is 4.74 Å². The first-order valence-electron chi connectivity index (χ1n) is 6.81. The number of carbonyl (C=O) groups excluding carboxylic acids is 2. The molecule has 1 heterocycles. The third-order valence-electron chi connectivity index (χ3n) is 3.61. The van der Waals surface area contributed by atoms with Crippen LogP contribution in [0.5, 0.6) is 5.75 Å². The summed E-state index contributed by atoms with van der Waals surface area (Å²) in [5.74, 6) is 0.542. The Balaban J connectivity index is 2.06. The molecule has 2 unspecified atom stereocenters. The summed E-state index contributed by atoms with van der Waals surface area (Å²) in [5, 5.41) is 3.22. The Hall–Kier alpha value is -1.88. The van der Waals surface area contributed by atoms with Gasteiger partial charge in [-0.15, -0.1) is 0 Å². The Labute approximate surface area is 118 Å². The predicted molar refractivity (Wildman–Crippen MR) is 75.3 cm³/mol. The van der Waals surface area contributed by atoms with Crippen LogP contribution in [0.1, 0.15) is 31.9 Å². The third-order valence-corrected chi connectivity index (χ3v) is 3.61. The Bertz CT molecular complexity index is 516. The Kier molecular flexibility index (Phi) is 4.39. The Morgan fingerprint density at radius 3 is 2.80 bits per heavy atom. The molecule has 1 N–H and O–H groups in total. The first-order chi connectivity index (χ1) is 9.56. The van der Waals surface area contributed by atoms with Gasteiger partial charge in [-0.3, -0.25) is 19.8 Å². The Morgan fingerprint density at radius 2 is 2.20 bits per heavy atom. The lowest BCUT2D eigenvalue weighted by molar-refractivity contribution is -0.138. The second kappa shape index (κ2) is 6.05. The minimum Gasteiger partial charge on any atom is -0.497 e. The SMILES string of the molecule is CCN1C(=O)CC(NC(C)c2cccc(OC)c2)C1=O. The van der Waals surface area contributed by atoms with Crippen molar-refractivity contribution < 1.29 is 14.3 Å². The van der Waals surface area contributed by atoms with E-state index in [0.29, 0.717) is 6.54 Å². The van der Waals surface area contributed by atoms with Crippen molar-refractivity contribution in [3.05, 3.63) is 29.8 Å². The number of carbonyl (C=O) groups is 2. The molecule has 2 atom stereocenters. The lowest BCUT2D eigenvalue weighted by Gasteiger charge is -2.19. The number of benzene rings is 1. The van der Waals surface area contributed by atoms with E-state index in [-0.39, 0.29) is 24.3 Å². The van der Waals surface area contributed by atoms with E-state index < -0.39 is 6.04 Å². The molecule has 1 aliphatic heterocycles. The second-order valence-corrected chi connectivity index (χ2v) is 4.90. The number of nitrogens with one attached hydrogen (secondary N) is 1. The average molecular weight is 276 g/mol. The molecule has 1 aliphatic rings. The molecule has 0 aromatic heterocycles. The molecule has 108 valence electrons. The van der Waals surface area contributed by atoms with E-state index >= 15 is 0 Å². The highest BCUT2D eigenvalue weighted by molar-refractivity contribution is 6.05. The minimum absolute atomic E-state index is 0.0244. The zero-order chi connectivity index (χ0) is 14.7. The highest BCUT2D eigenvalue weighted by atomic mass is 16.5. The maximum absolute atomic E-state index is 12.1. The van der Waals surface area contributed by atoms with Crippen molar-refractivity contribution in [2.75, 3.05) is 13.7 Å². The van der Waals surface area contributed by atoms with E-state index in [0.717, 1.165) is 11.3 Å². The second-order valence-electron chi connectivity index (χ2n) is 4.90. The van der Waals surface area contributed by atoms with E-state index in [2.05, 4.69) is 5.32 Å². The standard InChI is InChI=1S/C15H20N2O3/c1-4-17-14(18)9-13(15(17)19)16-10(2)11-6-5-7-12(8-11)20-3/h5-8,10,13,16H,4,9H2,1-3H3. The van der Waals surface area contributed by atoms with Crippen molar-refractivity contribution in [2.45, 2.75) is 32.4 Å². The minimum atomic E-state index is -0.427. The Morgan fingerprint density at radius 1 is 1.45 bits per heavy atom. The van der Waals surface area contributed by atoms with Crippen LogP contribution in [-0.4, -0.2) is 36.4 Å². The molecule has 2 rings (SSSR count). The number of likely N-dealkylation sites (N-methyl/N-ethyl adjacent to an activating group) is 1. The molecule has 1 saturated heterocycles. The van der Waals surface area contributed by atoms with E-state index in [1.807, 2.05) is 38.1 Å². The van der Waals surface area contributed by atoms with Gasteiger partial charge in [-0.05, 0) is 31.5 Å². The van der Waals surface area contributed by atoms with Crippen molar-refractivity contribution in [3.63, 3.8) is 0 Å². The zero-order valence-electron chi connectivity index (χ0n) is 12.1. The van der Waals surface area contributed by atoms with Gasteiger partial charge >= 0.3 is 0 Å². The first-order valence-corrected chi connectivity index (χ1v) is 6.81. The van der Waals surface area contributed by atoms with E-state index in [9.17, 15) is 9.59 Å². The van der Waals surface area contributed by atoms with Crippen LogP contribution in [0.3, 0.4) is 0 Å². The number of ether oxygens (including phenoxy) is 1. The third kappa shape index (κ3) is 2.82. The molecule has 5 nitrogen and oxygen atoms in total. The van der Waals surface area contributed by atoms with Crippen LogP contribution < -0.4 is 10.1 Å². The van der Waals surface area contributed by atoms with Gasteiger partial charge in [0.25, 0.3) is 0 Å². The molecular weight excluding hydrogens is 256 g/mol. The maximum Gasteiger partial charge on any atom is 0.246 e.